The fraction of sp³-hybridized carbons (Fsp3) is 1.00. The third-order valence-corrected chi connectivity index (χ3v) is 8.19. The van der Waals surface area contributed by atoms with Crippen molar-refractivity contribution in [1.82, 2.24) is 0 Å². The Morgan fingerprint density at radius 3 is 2.35 bits per heavy atom. The predicted octanol–water partition coefficient (Wildman–Crippen LogP) is 6.59. The highest BCUT2D eigenvalue weighted by Crippen LogP contribution is 2.63. The first-order valence-electron chi connectivity index (χ1n) is 10.4. The van der Waals surface area contributed by atoms with Crippen molar-refractivity contribution in [3.05, 3.63) is 0 Å². The van der Waals surface area contributed by atoms with Gasteiger partial charge in [-0.25, -0.2) is 0 Å². The van der Waals surface area contributed by atoms with E-state index in [-0.39, 0.29) is 0 Å². The van der Waals surface area contributed by atoms with Crippen molar-refractivity contribution in [2.75, 3.05) is 0 Å². The average Bonchev–Trinajstić information content (AvgIpc) is 2.85. The molecule has 0 spiro atoms. The lowest BCUT2D eigenvalue weighted by Gasteiger charge is -2.51. The third-order valence-electron chi connectivity index (χ3n) is 8.19. The Balaban J connectivity index is 1.94. The SMILES string of the molecule is CCC(O)(CC)CCC[C@H](C)C1CCC2C(C)(C)CCC[C@]12C. The van der Waals surface area contributed by atoms with Crippen LogP contribution >= 0.6 is 0 Å². The Hall–Kier alpha value is -0.0400. The molecule has 2 unspecified atom stereocenters. The molecular weight excluding hydrogens is 280 g/mol. The Bertz CT molecular complexity index is 381. The fourth-order valence-corrected chi connectivity index (χ4v) is 6.50. The summed E-state index contributed by atoms with van der Waals surface area (Å²) < 4.78 is 0. The van der Waals surface area contributed by atoms with Crippen LogP contribution in [0.15, 0.2) is 0 Å². The Morgan fingerprint density at radius 2 is 1.74 bits per heavy atom. The maximum Gasteiger partial charge on any atom is 0.0642 e. The van der Waals surface area contributed by atoms with Crippen molar-refractivity contribution in [3.8, 4) is 0 Å². The second kappa shape index (κ2) is 7.06. The van der Waals surface area contributed by atoms with E-state index in [1.807, 2.05) is 0 Å². The zero-order valence-electron chi connectivity index (χ0n) is 16.8. The smallest absolute Gasteiger partial charge is 0.0642 e. The first kappa shape index (κ1) is 19.3. The molecule has 0 radical (unpaired) electrons. The highest BCUT2D eigenvalue weighted by molar-refractivity contribution is 5.04. The van der Waals surface area contributed by atoms with E-state index in [1.54, 1.807) is 0 Å². The van der Waals surface area contributed by atoms with Crippen LogP contribution in [0.2, 0.25) is 0 Å². The monoisotopic (exact) mass is 322 g/mol. The van der Waals surface area contributed by atoms with Crippen LogP contribution in [-0.4, -0.2) is 10.7 Å². The van der Waals surface area contributed by atoms with E-state index in [2.05, 4.69) is 41.5 Å². The maximum absolute atomic E-state index is 10.5. The van der Waals surface area contributed by atoms with Crippen molar-refractivity contribution in [2.24, 2.45) is 28.6 Å². The van der Waals surface area contributed by atoms with E-state index in [9.17, 15) is 5.11 Å². The molecule has 0 aromatic carbocycles. The number of rotatable bonds is 7. The van der Waals surface area contributed by atoms with Crippen LogP contribution in [-0.2, 0) is 0 Å². The number of fused-ring (bicyclic) bond motifs is 1. The van der Waals surface area contributed by atoms with E-state index in [0.29, 0.717) is 10.8 Å². The summed E-state index contributed by atoms with van der Waals surface area (Å²) in [5.41, 5.74) is 0.716. The van der Waals surface area contributed by atoms with Gasteiger partial charge in [-0.15, -0.1) is 0 Å². The normalized spacial score (nSPS) is 35.1. The zero-order valence-corrected chi connectivity index (χ0v) is 16.8. The fourth-order valence-electron chi connectivity index (χ4n) is 6.50. The van der Waals surface area contributed by atoms with Crippen molar-refractivity contribution >= 4 is 0 Å². The molecule has 2 rings (SSSR count). The molecule has 0 aromatic rings. The van der Waals surface area contributed by atoms with Gasteiger partial charge in [0.2, 0.25) is 0 Å². The molecule has 0 bridgehead atoms. The van der Waals surface area contributed by atoms with E-state index >= 15 is 0 Å². The molecule has 0 heterocycles. The molecular formula is C22H42O. The van der Waals surface area contributed by atoms with Gasteiger partial charge in [-0.3, -0.25) is 0 Å². The van der Waals surface area contributed by atoms with Gasteiger partial charge in [0.15, 0.2) is 0 Å². The minimum absolute atomic E-state index is 0.408. The Morgan fingerprint density at radius 1 is 1.09 bits per heavy atom. The summed E-state index contributed by atoms with van der Waals surface area (Å²) in [7, 11) is 0. The minimum Gasteiger partial charge on any atom is -0.390 e. The standard InChI is InChI=1S/C22H42O/c1-7-22(23,8-2)16-9-11-17(3)18-12-13-19-20(4,5)14-10-15-21(18,19)6/h17-19,23H,7-16H2,1-6H3/t17-,18?,19?,21+/m0/s1. The van der Waals surface area contributed by atoms with Gasteiger partial charge >= 0.3 is 0 Å². The molecule has 0 aromatic heterocycles. The van der Waals surface area contributed by atoms with Crippen LogP contribution in [0.1, 0.15) is 106 Å². The Labute approximate surface area is 145 Å². The maximum atomic E-state index is 10.5. The lowest BCUT2D eigenvalue weighted by atomic mass is 9.54. The molecule has 1 nitrogen and oxygen atoms in total. The lowest BCUT2D eigenvalue weighted by Crippen LogP contribution is -2.43. The highest BCUT2D eigenvalue weighted by atomic mass is 16.3. The number of aliphatic hydroxyl groups is 1. The average molecular weight is 323 g/mol. The predicted molar refractivity (Wildman–Crippen MR) is 100 cm³/mol. The lowest BCUT2D eigenvalue weighted by molar-refractivity contribution is -0.0158. The van der Waals surface area contributed by atoms with E-state index < -0.39 is 5.60 Å². The summed E-state index contributed by atoms with van der Waals surface area (Å²) in [6.45, 7) is 14.4. The molecule has 0 saturated heterocycles. The summed E-state index contributed by atoms with van der Waals surface area (Å²) in [6, 6.07) is 0. The number of hydrogen-bond donors (Lipinski definition) is 1. The zero-order chi connectivity index (χ0) is 17.3. The molecule has 0 amide bonds. The first-order chi connectivity index (χ1) is 10.7. The Kier molecular flexibility index (Phi) is 5.92. The van der Waals surface area contributed by atoms with Crippen LogP contribution in [0.4, 0.5) is 0 Å². The van der Waals surface area contributed by atoms with Gasteiger partial charge in [-0.2, -0.15) is 0 Å². The third kappa shape index (κ3) is 3.80. The topological polar surface area (TPSA) is 20.2 Å². The molecule has 0 aliphatic heterocycles. The molecule has 2 aliphatic carbocycles. The highest BCUT2D eigenvalue weighted by Gasteiger charge is 2.54. The van der Waals surface area contributed by atoms with Gasteiger partial charge in [0.1, 0.15) is 0 Å². The van der Waals surface area contributed by atoms with Crippen molar-refractivity contribution in [2.45, 2.75) is 111 Å². The van der Waals surface area contributed by atoms with Gasteiger partial charge in [0.05, 0.1) is 5.60 Å². The second-order valence-corrected chi connectivity index (χ2v) is 9.89. The van der Waals surface area contributed by atoms with Gasteiger partial charge in [-0.1, -0.05) is 60.8 Å². The summed E-state index contributed by atoms with van der Waals surface area (Å²) in [6.07, 6.45) is 12.5. The largest absolute Gasteiger partial charge is 0.390 e. The molecule has 2 saturated carbocycles. The molecule has 2 fully saturated rings. The van der Waals surface area contributed by atoms with Crippen LogP contribution in [0.3, 0.4) is 0 Å². The van der Waals surface area contributed by atoms with E-state index in [0.717, 1.165) is 37.0 Å². The van der Waals surface area contributed by atoms with Gasteiger partial charge in [-0.05, 0) is 73.5 Å². The van der Waals surface area contributed by atoms with Crippen molar-refractivity contribution in [1.29, 1.82) is 0 Å². The van der Waals surface area contributed by atoms with Crippen LogP contribution in [0.5, 0.6) is 0 Å². The summed E-state index contributed by atoms with van der Waals surface area (Å²) in [4.78, 5) is 0. The molecule has 4 atom stereocenters. The molecule has 2 aliphatic rings. The van der Waals surface area contributed by atoms with Crippen LogP contribution in [0, 0.1) is 28.6 Å². The van der Waals surface area contributed by atoms with Crippen LogP contribution < -0.4 is 0 Å². The molecule has 23 heavy (non-hydrogen) atoms. The first-order valence-corrected chi connectivity index (χ1v) is 10.4. The summed E-state index contributed by atoms with van der Waals surface area (Å²) in [5, 5.41) is 10.5. The second-order valence-electron chi connectivity index (χ2n) is 9.89. The van der Waals surface area contributed by atoms with Gasteiger partial charge < -0.3 is 5.11 Å². The van der Waals surface area contributed by atoms with Gasteiger partial charge in [0.25, 0.3) is 0 Å². The van der Waals surface area contributed by atoms with E-state index in [1.165, 1.54) is 44.9 Å². The molecule has 136 valence electrons. The summed E-state index contributed by atoms with van der Waals surface area (Å²) in [5.74, 6) is 2.65. The van der Waals surface area contributed by atoms with Crippen LogP contribution in [0.25, 0.3) is 0 Å². The van der Waals surface area contributed by atoms with Crippen molar-refractivity contribution < 1.29 is 5.11 Å². The quantitative estimate of drug-likeness (QED) is 0.561. The van der Waals surface area contributed by atoms with E-state index in [4.69, 9.17) is 0 Å². The van der Waals surface area contributed by atoms with Crippen molar-refractivity contribution in [3.63, 3.8) is 0 Å². The number of hydrogen-bond acceptors (Lipinski definition) is 1. The minimum atomic E-state index is -0.408. The van der Waals surface area contributed by atoms with Gasteiger partial charge in [0, 0.05) is 0 Å². The summed E-state index contributed by atoms with van der Waals surface area (Å²) >= 11 is 0. The molecule has 1 N–H and O–H groups in total. The molecule has 1 heteroatoms.